The van der Waals surface area contributed by atoms with E-state index in [4.69, 9.17) is 9.47 Å². The third-order valence-electron chi connectivity index (χ3n) is 8.30. The number of ether oxygens (including phenoxy) is 2. The van der Waals surface area contributed by atoms with Gasteiger partial charge in [0.15, 0.2) is 0 Å². The van der Waals surface area contributed by atoms with E-state index in [1.165, 1.54) is 46.2 Å². The Bertz CT molecular complexity index is 1280. The maximum absolute atomic E-state index is 15.1. The van der Waals surface area contributed by atoms with Crippen LogP contribution in [0.3, 0.4) is 0 Å². The number of β-amino-alcohol motifs (C(OH)–C–C–N with tert-alkyl or cyclic N) is 1. The molecule has 3 heterocycles. The Morgan fingerprint density at radius 3 is 2.40 bits per heavy atom. The summed E-state index contributed by atoms with van der Waals surface area (Å²) in [7, 11) is 1.19. The predicted octanol–water partition coefficient (Wildman–Crippen LogP) is 4.71. The van der Waals surface area contributed by atoms with Crippen molar-refractivity contribution in [1.29, 1.82) is 0 Å². The van der Waals surface area contributed by atoms with Crippen molar-refractivity contribution in [2.24, 2.45) is 11.3 Å². The summed E-state index contributed by atoms with van der Waals surface area (Å²) in [5.41, 5.74) is -2.52. The molecule has 1 aromatic carbocycles. The molecular formula is C30H37F4N3O5. The molecule has 0 spiro atoms. The average molecular weight is 596 g/mol. The number of alkyl halides is 3. The number of hydrogen-bond donors (Lipinski definition) is 1. The Kier molecular flexibility index (Phi) is 9.17. The van der Waals surface area contributed by atoms with E-state index in [9.17, 15) is 27.9 Å². The number of piperidine rings is 1. The zero-order valence-electron chi connectivity index (χ0n) is 24.2. The number of methoxy groups -OCH3 is 1. The monoisotopic (exact) mass is 595 g/mol. The molecular weight excluding hydrogens is 558 g/mol. The van der Waals surface area contributed by atoms with Gasteiger partial charge in [0, 0.05) is 25.1 Å². The quantitative estimate of drug-likeness (QED) is 0.349. The van der Waals surface area contributed by atoms with Crippen LogP contribution >= 0.6 is 0 Å². The summed E-state index contributed by atoms with van der Waals surface area (Å²) in [6.45, 7) is 5.36. The number of amides is 1. The number of aliphatic hydroxyl groups excluding tert-OH is 1. The molecule has 0 aliphatic carbocycles. The van der Waals surface area contributed by atoms with Crippen molar-refractivity contribution in [1.82, 2.24) is 14.8 Å². The fourth-order valence-corrected chi connectivity index (χ4v) is 5.57. The number of rotatable bonds is 8. The second kappa shape index (κ2) is 12.2. The molecule has 1 aromatic heterocycles. The van der Waals surface area contributed by atoms with E-state index in [0.29, 0.717) is 36.7 Å². The van der Waals surface area contributed by atoms with Gasteiger partial charge in [0.05, 0.1) is 42.7 Å². The zero-order valence-corrected chi connectivity index (χ0v) is 24.2. The number of halogens is 4. The van der Waals surface area contributed by atoms with E-state index in [1.807, 2.05) is 4.90 Å². The van der Waals surface area contributed by atoms with Crippen molar-refractivity contribution >= 4 is 11.9 Å². The van der Waals surface area contributed by atoms with Crippen molar-refractivity contribution in [3.8, 4) is 17.0 Å². The molecule has 0 saturated carbocycles. The normalized spacial score (nSPS) is 22.3. The highest BCUT2D eigenvalue weighted by atomic mass is 19.4. The molecule has 8 nitrogen and oxygen atoms in total. The molecule has 2 atom stereocenters. The van der Waals surface area contributed by atoms with Gasteiger partial charge in [-0.05, 0) is 76.9 Å². The maximum atomic E-state index is 15.1. The van der Waals surface area contributed by atoms with Gasteiger partial charge < -0.3 is 24.4 Å². The second-order valence-corrected chi connectivity index (χ2v) is 12.0. The Hall–Kier alpha value is -3.25. The van der Waals surface area contributed by atoms with Gasteiger partial charge in [0.1, 0.15) is 17.1 Å². The molecule has 2 aromatic rings. The van der Waals surface area contributed by atoms with Crippen molar-refractivity contribution in [2.45, 2.75) is 57.9 Å². The molecule has 2 fully saturated rings. The summed E-state index contributed by atoms with van der Waals surface area (Å²) in [5.74, 6) is -1.48. The summed E-state index contributed by atoms with van der Waals surface area (Å²) in [6.07, 6.45) is -2.21. The van der Waals surface area contributed by atoms with Crippen LogP contribution < -0.4 is 4.74 Å². The minimum atomic E-state index is -4.25. The predicted molar refractivity (Wildman–Crippen MR) is 146 cm³/mol. The number of likely N-dealkylation sites (tertiary alicyclic amines) is 2. The molecule has 2 saturated heterocycles. The Balaban J connectivity index is 1.33. The van der Waals surface area contributed by atoms with Crippen LogP contribution in [0, 0.1) is 17.2 Å². The molecule has 0 bridgehead atoms. The molecule has 1 amide bonds. The first-order chi connectivity index (χ1) is 19.6. The van der Waals surface area contributed by atoms with Gasteiger partial charge in [-0.25, -0.2) is 9.18 Å². The van der Waals surface area contributed by atoms with E-state index < -0.39 is 40.9 Å². The number of aliphatic hydroxyl groups is 1. The van der Waals surface area contributed by atoms with Crippen LogP contribution in [0.4, 0.5) is 17.6 Å². The number of hydrogen-bond acceptors (Lipinski definition) is 7. The number of pyridine rings is 1. The van der Waals surface area contributed by atoms with Crippen LogP contribution in [0.1, 0.15) is 50.4 Å². The lowest BCUT2D eigenvalue weighted by atomic mass is 9.89. The molecule has 42 heavy (non-hydrogen) atoms. The number of esters is 1. The van der Waals surface area contributed by atoms with E-state index >= 15 is 4.39 Å². The lowest BCUT2D eigenvalue weighted by Crippen LogP contribution is -2.51. The third kappa shape index (κ3) is 6.70. The summed E-state index contributed by atoms with van der Waals surface area (Å²) in [6, 6.07) is 7.43. The molecule has 0 radical (unpaired) electrons. The molecule has 12 heteroatoms. The van der Waals surface area contributed by atoms with Gasteiger partial charge in [0.2, 0.25) is 0 Å². The topological polar surface area (TPSA) is 92.2 Å². The first kappa shape index (κ1) is 31.7. The number of carbonyl (C=O) groups excluding carboxylic acids is 2. The van der Waals surface area contributed by atoms with Crippen molar-refractivity contribution < 1.29 is 41.7 Å². The largest absolute Gasteiger partial charge is 0.492 e. The first-order valence-electron chi connectivity index (χ1n) is 13.9. The maximum Gasteiger partial charge on any atom is 0.395 e. The van der Waals surface area contributed by atoms with Crippen LogP contribution in [0.2, 0.25) is 0 Å². The minimum absolute atomic E-state index is 0.0110. The Morgan fingerprint density at radius 1 is 1.14 bits per heavy atom. The molecule has 230 valence electrons. The Labute approximate surface area is 242 Å². The number of nitrogens with zero attached hydrogens (tertiary/aromatic N) is 3. The smallest absolute Gasteiger partial charge is 0.395 e. The minimum Gasteiger partial charge on any atom is -0.492 e. The van der Waals surface area contributed by atoms with Crippen LogP contribution in [0.5, 0.6) is 5.75 Å². The highest BCUT2D eigenvalue weighted by Gasteiger charge is 2.51. The molecule has 2 unspecified atom stereocenters. The van der Waals surface area contributed by atoms with Crippen LogP contribution in [0.25, 0.3) is 11.3 Å². The number of aromatic nitrogens is 1. The van der Waals surface area contributed by atoms with Gasteiger partial charge >= 0.3 is 12.1 Å². The summed E-state index contributed by atoms with van der Waals surface area (Å²) < 4.78 is 65.4. The highest BCUT2D eigenvalue weighted by Crippen LogP contribution is 2.39. The SMILES string of the molecule is COC(=O)C1(C)CC(O)CN1C(=O)c1ccc(-c2ccc(OCC3CCN(CC(C)(C)C(F)(F)F)CC3)cn2)cc1F. The highest BCUT2D eigenvalue weighted by molar-refractivity contribution is 5.99. The summed E-state index contributed by atoms with van der Waals surface area (Å²) >= 11 is 0. The summed E-state index contributed by atoms with van der Waals surface area (Å²) in [5, 5.41) is 10.1. The van der Waals surface area contributed by atoms with Gasteiger partial charge in [0.25, 0.3) is 5.91 Å². The fourth-order valence-electron chi connectivity index (χ4n) is 5.57. The van der Waals surface area contributed by atoms with Gasteiger partial charge in [-0.1, -0.05) is 6.07 Å². The summed E-state index contributed by atoms with van der Waals surface area (Å²) in [4.78, 5) is 32.8. The molecule has 2 aliphatic rings. The zero-order chi connectivity index (χ0) is 30.9. The first-order valence-corrected chi connectivity index (χ1v) is 13.9. The van der Waals surface area contributed by atoms with Crippen molar-refractivity contribution in [2.75, 3.05) is 39.9 Å². The molecule has 4 rings (SSSR count). The lowest BCUT2D eigenvalue weighted by molar-refractivity contribution is -0.217. The second-order valence-electron chi connectivity index (χ2n) is 12.0. The van der Waals surface area contributed by atoms with E-state index in [0.717, 1.165) is 17.7 Å². The van der Waals surface area contributed by atoms with Gasteiger partial charge in [-0.15, -0.1) is 0 Å². The van der Waals surface area contributed by atoms with Crippen LogP contribution in [0.15, 0.2) is 36.5 Å². The van der Waals surface area contributed by atoms with E-state index in [2.05, 4.69) is 4.98 Å². The fraction of sp³-hybridized carbons (Fsp3) is 0.567. The standard InChI is InChI=1S/C30H37F4N3O5/c1-28(2,30(32,33)34)18-36-11-9-19(10-12-36)17-42-22-6-8-25(35-15-22)20-5-7-23(24(31)13-20)26(39)37-16-21(38)14-29(37,3)27(40)41-4/h5-8,13,15,19,21,38H,9-12,14,16-18H2,1-4H3. The third-order valence-corrected chi connectivity index (χ3v) is 8.30. The molecule has 1 N–H and O–H groups in total. The van der Waals surface area contributed by atoms with E-state index in [-0.39, 0.29) is 31.0 Å². The van der Waals surface area contributed by atoms with Crippen molar-refractivity contribution in [3.63, 3.8) is 0 Å². The van der Waals surface area contributed by atoms with Crippen LogP contribution in [-0.2, 0) is 9.53 Å². The van der Waals surface area contributed by atoms with Gasteiger partial charge in [-0.3, -0.25) is 9.78 Å². The van der Waals surface area contributed by atoms with E-state index in [1.54, 1.807) is 18.2 Å². The number of carbonyl (C=O) groups is 2. The van der Waals surface area contributed by atoms with Gasteiger partial charge in [-0.2, -0.15) is 13.2 Å². The molecule has 2 aliphatic heterocycles. The number of benzene rings is 1. The Morgan fingerprint density at radius 2 is 1.83 bits per heavy atom. The van der Waals surface area contributed by atoms with Crippen LogP contribution in [-0.4, -0.2) is 89.5 Å². The lowest BCUT2D eigenvalue weighted by Gasteiger charge is -2.38. The average Bonchev–Trinajstić information content (AvgIpc) is 3.26. The van der Waals surface area contributed by atoms with Crippen molar-refractivity contribution in [3.05, 3.63) is 47.9 Å².